The number of aromatic amines is 1. The van der Waals surface area contributed by atoms with Gasteiger partial charge < -0.3 is 26.0 Å². The summed E-state index contributed by atoms with van der Waals surface area (Å²) in [4.78, 5) is 30.6. The third-order valence-corrected chi connectivity index (χ3v) is 6.80. The van der Waals surface area contributed by atoms with E-state index in [1.165, 1.54) is 0 Å². The van der Waals surface area contributed by atoms with E-state index in [9.17, 15) is 19.4 Å². The molecular weight excluding hydrogens is 425 g/mol. The van der Waals surface area contributed by atoms with Crippen LogP contribution in [0.3, 0.4) is 0 Å². The predicted octanol–water partition coefficient (Wildman–Crippen LogP) is 0.915. The van der Waals surface area contributed by atoms with E-state index in [1.807, 2.05) is 35.2 Å². The molecule has 12 heteroatoms. The minimum absolute atomic E-state index is 0.00922. The van der Waals surface area contributed by atoms with Gasteiger partial charge in [0.15, 0.2) is 5.82 Å². The monoisotopic (exact) mass is 451 g/mol. The van der Waals surface area contributed by atoms with Crippen molar-refractivity contribution < 1.29 is 23.6 Å². The zero-order chi connectivity index (χ0) is 22.0. The molecule has 4 unspecified atom stereocenters. The van der Waals surface area contributed by atoms with E-state index in [4.69, 9.17) is 14.8 Å². The molecule has 11 nitrogen and oxygen atoms in total. The first-order valence-corrected chi connectivity index (χ1v) is 11.5. The maximum Gasteiger partial charge on any atom is 0.472 e. The van der Waals surface area contributed by atoms with Crippen LogP contribution in [0, 0.1) is 11.8 Å². The summed E-state index contributed by atoms with van der Waals surface area (Å²) in [5, 5.41) is 12.7. The summed E-state index contributed by atoms with van der Waals surface area (Å²) in [6, 6.07) is 9.35. The summed E-state index contributed by atoms with van der Waals surface area (Å²) in [6.45, 7) is 0.247. The van der Waals surface area contributed by atoms with Crippen LogP contribution in [-0.4, -0.2) is 52.5 Å². The maximum absolute atomic E-state index is 12.3. The van der Waals surface area contributed by atoms with Gasteiger partial charge in [-0.2, -0.15) is 4.98 Å². The lowest BCUT2D eigenvalue weighted by Crippen LogP contribution is -2.55. The molecule has 0 amide bonds. The molecule has 1 aliphatic carbocycles. The number of hydrogen-bond acceptors (Lipinski definition) is 9. The smallest absolute Gasteiger partial charge is 0.396 e. The molecule has 6 N–H and O–H groups in total. The highest BCUT2D eigenvalue weighted by Crippen LogP contribution is 2.48. The standard InChI is InChI=1S/C19H26N5O6P/c20-19-22-17-16(18(26)23-19)21-11-24(17)15-8-13(9-25)14(15)10-30-31(27,28)29-7-6-12-4-2-1-3-5-12/h1-5,13-15,21,25H,6-11H2,(H,27,28)(H3,20,22,23,26). The Hall–Kier alpha value is -2.43. The van der Waals surface area contributed by atoms with Gasteiger partial charge in [-0.3, -0.25) is 18.8 Å². The molecule has 2 heterocycles. The maximum atomic E-state index is 12.3. The average molecular weight is 451 g/mol. The predicted molar refractivity (Wildman–Crippen MR) is 115 cm³/mol. The Labute approximate surface area is 178 Å². The lowest BCUT2D eigenvalue weighted by Gasteiger charge is -2.48. The van der Waals surface area contributed by atoms with Crippen LogP contribution in [0.15, 0.2) is 35.1 Å². The summed E-state index contributed by atoms with van der Waals surface area (Å²) in [6.07, 6.45) is 1.11. The van der Waals surface area contributed by atoms with E-state index in [0.717, 1.165) is 5.56 Å². The number of aliphatic hydroxyl groups is 1. The van der Waals surface area contributed by atoms with Crippen molar-refractivity contribution in [2.75, 3.05) is 42.4 Å². The summed E-state index contributed by atoms with van der Waals surface area (Å²) < 4.78 is 22.6. The Morgan fingerprint density at radius 3 is 2.81 bits per heavy atom. The van der Waals surface area contributed by atoms with Gasteiger partial charge in [0, 0.05) is 18.6 Å². The van der Waals surface area contributed by atoms with Gasteiger partial charge in [0.05, 0.1) is 19.9 Å². The molecule has 168 valence electrons. The number of hydrogen-bond donors (Lipinski definition) is 5. The number of rotatable bonds is 9. The molecule has 2 aliphatic rings. The van der Waals surface area contributed by atoms with Crippen molar-refractivity contribution in [1.82, 2.24) is 9.97 Å². The number of nitrogens with one attached hydrogen (secondary N) is 2. The number of H-pyrrole nitrogens is 1. The average Bonchev–Trinajstić information content (AvgIpc) is 3.12. The number of fused-ring (bicyclic) bond motifs is 1. The normalized spacial score (nSPS) is 24.2. The molecule has 1 aliphatic heterocycles. The number of nitrogens with two attached hydrogens (primary N) is 1. The molecule has 0 bridgehead atoms. The number of anilines is 3. The van der Waals surface area contributed by atoms with Crippen LogP contribution in [0.1, 0.15) is 12.0 Å². The fourth-order valence-electron chi connectivity index (χ4n) is 4.09. The second-order valence-corrected chi connectivity index (χ2v) is 9.15. The van der Waals surface area contributed by atoms with Crippen LogP contribution < -0.4 is 21.5 Å². The summed E-state index contributed by atoms with van der Waals surface area (Å²) >= 11 is 0. The Morgan fingerprint density at radius 1 is 1.29 bits per heavy atom. The van der Waals surface area contributed by atoms with Gasteiger partial charge in [0.2, 0.25) is 5.95 Å². The van der Waals surface area contributed by atoms with Gasteiger partial charge in [-0.05, 0) is 24.3 Å². The van der Waals surface area contributed by atoms with Crippen molar-refractivity contribution in [2.45, 2.75) is 18.9 Å². The minimum atomic E-state index is -4.25. The number of benzene rings is 1. The van der Waals surface area contributed by atoms with E-state index in [1.54, 1.807) is 0 Å². The third kappa shape index (κ3) is 4.76. The lowest BCUT2D eigenvalue weighted by molar-refractivity contribution is 0.0171. The van der Waals surface area contributed by atoms with Crippen molar-refractivity contribution in [3.63, 3.8) is 0 Å². The Bertz CT molecular complexity index is 1020. The second kappa shape index (κ2) is 8.97. The highest BCUT2D eigenvalue weighted by molar-refractivity contribution is 7.47. The Kier molecular flexibility index (Phi) is 6.31. The molecule has 1 saturated carbocycles. The Balaban J connectivity index is 1.36. The first-order valence-electron chi connectivity index (χ1n) is 10.0. The number of nitrogen functional groups attached to an aromatic ring is 1. The minimum Gasteiger partial charge on any atom is -0.396 e. The Morgan fingerprint density at radius 2 is 2.06 bits per heavy atom. The van der Waals surface area contributed by atoms with Crippen LogP contribution in [0.25, 0.3) is 0 Å². The van der Waals surface area contributed by atoms with Gasteiger partial charge in [0.1, 0.15) is 5.69 Å². The molecule has 4 rings (SSSR count). The van der Waals surface area contributed by atoms with E-state index in [-0.39, 0.29) is 49.2 Å². The number of aliphatic hydroxyl groups excluding tert-OH is 1. The van der Waals surface area contributed by atoms with Crippen LogP contribution in [0.4, 0.5) is 17.5 Å². The number of phosphoric ester groups is 1. The molecule has 1 aromatic carbocycles. The zero-order valence-corrected chi connectivity index (χ0v) is 17.7. The van der Waals surface area contributed by atoms with Gasteiger partial charge in [-0.15, -0.1) is 0 Å². The van der Waals surface area contributed by atoms with E-state index >= 15 is 0 Å². The molecular formula is C19H26N5O6P. The third-order valence-electron chi connectivity index (χ3n) is 5.81. The summed E-state index contributed by atoms with van der Waals surface area (Å²) in [5.74, 6) is 0.102. The number of aromatic nitrogens is 2. The van der Waals surface area contributed by atoms with Crippen molar-refractivity contribution in [2.24, 2.45) is 11.8 Å². The molecule has 1 aromatic heterocycles. The van der Waals surface area contributed by atoms with Crippen LogP contribution >= 0.6 is 7.82 Å². The molecule has 0 saturated heterocycles. The van der Waals surface area contributed by atoms with Crippen molar-refractivity contribution >= 4 is 25.3 Å². The molecule has 2 aromatic rings. The highest BCUT2D eigenvalue weighted by Gasteiger charge is 2.47. The molecule has 0 spiro atoms. The van der Waals surface area contributed by atoms with E-state index < -0.39 is 7.82 Å². The SMILES string of the molecule is Nc1nc2c(c(=O)[nH]1)NCN2C1CC(CO)C1COP(=O)(O)OCCc1ccccc1. The quantitative estimate of drug-likeness (QED) is 0.346. The molecule has 0 radical (unpaired) electrons. The number of nitrogens with zero attached hydrogens (tertiary/aromatic N) is 2. The van der Waals surface area contributed by atoms with Gasteiger partial charge >= 0.3 is 7.82 Å². The first kappa shape index (κ1) is 21.8. The van der Waals surface area contributed by atoms with Crippen LogP contribution in [-0.2, 0) is 20.0 Å². The van der Waals surface area contributed by atoms with Crippen LogP contribution in [0.2, 0.25) is 0 Å². The van der Waals surface area contributed by atoms with Crippen molar-refractivity contribution in [3.8, 4) is 0 Å². The molecule has 1 fully saturated rings. The van der Waals surface area contributed by atoms with Gasteiger partial charge in [0.25, 0.3) is 5.56 Å². The van der Waals surface area contributed by atoms with Crippen molar-refractivity contribution in [3.05, 3.63) is 46.2 Å². The topological polar surface area (TPSA) is 163 Å². The van der Waals surface area contributed by atoms with Crippen LogP contribution in [0.5, 0.6) is 0 Å². The lowest BCUT2D eigenvalue weighted by atomic mass is 9.69. The fraction of sp³-hybridized carbons (Fsp3) is 0.474. The largest absolute Gasteiger partial charge is 0.472 e. The number of phosphoric acid groups is 1. The highest BCUT2D eigenvalue weighted by atomic mass is 31.2. The molecule has 4 atom stereocenters. The summed E-state index contributed by atoms with van der Waals surface area (Å²) in [7, 11) is -4.25. The van der Waals surface area contributed by atoms with E-state index in [2.05, 4.69) is 15.3 Å². The second-order valence-electron chi connectivity index (χ2n) is 7.70. The molecule has 31 heavy (non-hydrogen) atoms. The van der Waals surface area contributed by atoms with Gasteiger partial charge in [-0.25, -0.2) is 4.57 Å². The zero-order valence-electron chi connectivity index (χ0n) is 16.8. The van der Waals surface area contributed by atoms with Crippen molar-refractivity contribution in [1.29, 1.82) is 0 Å². The van der Waals surface area contributed by atoms with Gasteiger partial charge in [-0.1, -0.05) is 30.3 Å². The fourth-order valence-corrected chi connectivity index (χ4v) is 4.85. The summed E-state index contributed by atoms with van der Waals surface area (Å²) in [5.41, 5.74) is 6.64. The van der Waals surface area contributed by atoms with E-state index in [0.29, 0.717) is 31.0 Å². The first-order chi connectivity index (χ1) is 14.9.